The number of hydrogen-bond donors (Lipinski definition) is 2. The number of rotatable bonds is 4. The fourth-order valence-corrected chi connectivity index (χ4v) is 4.11. The van der Waals surface area contributed by atoms with Crippen LogP contribution < -0.4 is 10.9 Å². The van der Waals surface area contributed by atoms with Gasteiger partial charge in [0.15, 0.2) is 5.65 Å². The SMILES string of the molecule is O=C(Nc1ccccc1-n1ncc2c(=O)[nH]cnc21)c1cc(-c2ccccc2)nc2ccccc12. The van der Waals surface area contributed by atoms with Crippen molar-refractivity contribution in [1.82, 2.24) is 24.7 Å². The van der Waals surface area contributed by atoms with E-state index >= 15 is 0 Å². The Labute approximate surface area is 198 Å². The van der Waals surface area contributed by atoms with Crippen molar-refractivity contribution in [2.75, 3.05) is 5.32 Å². The van der Waals surface area contributed by atoms with Crippen LogP contribution in [0.1, 0.15) is 10.4 Å². The summed E-state index contributed by atoms with van der Waals surface area (Å²) in [5.74, 6) is -0.282. The highest BCUT2D eigenvalue weighted by Gasteiger charge is 2.17. The predicted molar refractivity (Wildman–Crippen MR) is 135 cm³/mol. The highest BCUT2D eigenvalue weighted by atomic mass is 16.1. The second kappa shape index (κ2) is 8.35. The first-order valence-corrected chi connectivity index (χ1v) is 11.0. The van der Waals surface area contributed by atoms with Gasteiger partial charge in [-0.3, -0.25) is 9.59 Å². The molecule has 0 atom stereocenters. The van der Waals surface area contributed by atoms with Crippen molar-refractivity contribution in [2.45, 2.75) is 0 Å². The van der Waals surface area contributed by atoms with Crippen LogP contribution in [-0.2, 0) is 0 Å². The van der Waals surface area contributed by atoms with Crippen molar-refractivity contribution < 1.29 is 4.79 Å². The van der Waals surface area contributed by atoms with Gasteiger partial charge >= 0.3 is 0 Å². The summed E-state index contributed by atoms with van der Waals surface area (Å²) in [6.45, 7) is 0. The van der Waals surface area contributed by atoms with Gasteiger partial charge in [0, 0.05) is 10.9 Å². The lowest BCUT2D eigenvalue weighted by Gasteiger charge is -2.13. The van der Waals surface area contributed by atoms with Crippen LogP contribution in [0.4, 0.5) is 5.69 Å². The molecule has 2 N–H and O–H groups in total. The number of nitrogens with one attached hydrogen (secondary N) is 2. The normalized spacial score (nSPS) is 11.1. The molecule has 8 heteroatoms. The van der Waals surface area contributed by atoms with E-state index in [2.05, 4.69) is 20.4 Å². The van der Waals surface area contributed by atoms with Crippen LogP contribution in [0.25, 0.3) is 38.9 Å². The lowest BCUT2D eigenvalue weighted by Crippen LogP contribution is -2.15. The molecule has 0 radical (unpaired) electrons. The number of para-hydroxylation sites is 3. The number of pyridine rings is 1. The molecule has 0 fully saturated rings. The zero-order valence-corrected chi connectivity index (χ0v) is 18.3. The molecule has 0 aliphatic heterocycles. The number of hydrogen-bond acceptors (Lipinski definition) is 5. The van der Waals surface area contributed by atoms with Crippen molar-refractivity contribution in [3.05, 3.63) is 113 Å². The maximum atomic E-state index is 13.6. The number of fused-ring (bicyclic) bond motifs is 2. The van der Waals surface area contributed by atoms with Crippen LogP contribution in [0.3, 0.4) is 0 Å². The average molecular weight is 458 g/mol. The molecule has 0 bridgehead atoms. The van der Waals surface area contributed by atoms with Crippen LogP contribution >= 0.6 is 0 Å². The van der Waals surface area contributed by atoms with Gasteiger partial charge in [-0.2, -0.15) is 5.10 Å². The summed E-state index contributed by atoms with van der Waals surface area (Å²) >= 11 is 0. The van der Waals surface area contributed by atoms with E-state index in [1.54, 1.807) is 16.8 Å². The number of aromatic nitrogens is 5. The summed E-state index contributed by atoms with van der Waals surface area (Å²) < 4.78 is 1.54. The smallest absolute Gasteiger partial charge is 0.261 e. The van der Waals surface area contributed by atoms with Gasteiger partial charge in [-0.15, -0.1) is 0 Å². The van der Waals surface area contributed by atoms with E-state index in [9.17, 15) is 9.59 Å². The van der Waals surface area contributed by atoms with E-state index in [4.69, 9.17) is 4.98 Å². The van der Waals surface area contributed by atoms with E-state index in [0.29, 0.717) is 33.7 Å². The Bertz CT molecular complexity index is 1770. The van der Waals surface area contributed by atoms with Gasteiger partial charge < -0.3 is 10.3 Å². The molecule has 3 heterocycles. The third kappa shape index (κ3) is 3.63. The minimum atomic E-state index is -0.282. The fourth-order valence-electron chi connectivity index (χ4n) is 4.11. The molecule has 0 unspecified atom stereocenters. The lowest BCUT2D eigenvalue weighted by molar-refractivity contribution is 0.102. The molecule has 168 valence electrons. The molecule has 8 nitrogen and oxygen atoms in total. The van der Waals surface area contributed by atoms with Gasteiger partial charge in [0.25, 0.3) is 11.5 Å². The zero-order valence-electron chi connectivity index (χ0n) is 18.3. The summed E-state index contributed by atoms with van der Waals surface area (Å²) in [6, 6.07) is 26.4. The first kappa shape index (κ1) is 20.5. The lowest BCUT2D eigenvalue weighted by atomic mass is 10.0. The van der Waals surface area contributed by atoms with Crippen molar-refractivity contribution in [3.63, 3.8) is 0 Å². The predicted octanol–water partition coefficient (Wildman–Crippen LogP) is 4.58. The van der Waals surface area contributed by atoms with Crippen LogP contribution in [-0.4, -0.2) is 30.6 Å². The molecule has 0 aliphatic rings. The standard InChI is InChI=1S/C27H18N6O2/c34-26-20-15-30-33(25(20)28-16-29-26)24-13-7-6-12-22(24)32-27(35)19-14-23(17-8-2-1-3-9-17)31-21-11-5-4-10-18(19)21/h1-16H,(H,32,35)(H,28,29,34). The van der Waals surface area contributed by atoms with E-state index in [0.717, 1.165) is 16.5 Å². The average Bonchev–Trinajstić information content (AvgIpc) is 3.34. The molecular formula is C27H18N6O2. The van der Waals surface area contributed by atoms with Gasteiger partial charge in [-0.25, -0.2) is 14.6 Å². The maximum absolute atomic E-state index is 13.6. The van der Waals surface area contributed by atoms with Crippen molar-refractivity contribution in [2.24, 2.45) is 0 Å². The molecule has 3 aromatic carbocycles. The molecule has 0 saturated heterocycles. The molecule has 0 spiro atoms. The number of carbonyl (C=O) groups is 1. The summed E-state index contributed by atoms with van der Waals surface area (Å²) in [6.07, 6.45) is 2.79. The third-order valence-electron chi connectivity index (χ3n) is 5.78. The Balaban J connectivity index is 1.45. The highest BCUT2D eigenvalue weighted by Crippen LogP contribution is 2.27. The minimum absolute atomic E-state index is 0.278. The summed E-state index contributed by atoms with van der Waals surface area (Å²) in [5, 5.41) is 8.48. The maximum Gasteiger partial charge on any atom is 0.261 e. The highest BCUT2D eigenvalue weighted by molar-refractivity contribution is 6.13. The molecule has 35 heavy (non-hydrogen) atoms. The van der Waals surface area contributed by atoms with Crippen LogP contribution in [0, 0.1) is 0 Å². The monoisotopic (exact) mass is 458 g/mol. The Hall–Kier alpha value is -5.11. The largest absolute Gasteiger partial charge is 0.320 e. The van der Waals surface area contributed by atoms with Gasteiger partial charge in [0.05, 0.1) is 40.7 Å². The number of benzene rings is 3. The van der Waals surface area contributed by atoms with Crippen LogP contribution in [0.5, 0.6) is 0 Å². The van der Waals surface area contributed by atoms with Crippen molar-refractivity contribution in [3.8, 4) is 16.9 Å². The molecule has 0 saturated carbocycles. The topological polar surface area (TPSA) is 106 Å². The first-order chi connectivity index (χ1) is 17.2. The number of anilines is 1. The minimum Gasteiger partial charge on any atom is -0.320 e. The van der Waals surface area contributed by atoms with Gasteiger partial charge in [-0.05, 0) is 24.3 Å². The van der Waals surface area contributed by atoms with Crippen molar-refractivity contribution in [1.29, 1.82) is 0 Å². The van der Waals surface area contributed by atoms with E-state index < -0.39 is 0 Å². The quantitative estimate of drug-likeness (QED) is 0.402. The zero-order chi connectivity index (χ0) is 23.8. The second-order valence-electron chi connectivity index (χ2n) is 7.93. The molecule has 1 amide bonds. The summed E-state index contributed by atoms with van der Waals surface area (Å²) in [7, 11) is 0. The van der Waals surface area contributed by atoms with Gasteiger partial charge in [-0.1, -0.05) is 60.7 Å². The van der Waals surface area contributed by atoms with E-state index in [1.165, 1.54) is 12.5 Å². The first-order valence-electron chi connectivity index (χ1n) is 11.0. The van der Waals surface area contributed by atoms with E-state index in [1.807, 2.05) is 72.8 Å². The molecule has 3 aromatic heterocycles. The number of carbonyl (C=O) groups excluding carboxylic acids is 1. The molecule has 6 rings (SSSR count). The van der Waals surface area contributed by atoms with Crippen molar-refractivity contribution >= 4 is 33.5 Å². The molecular weight excluding hydrogens is 440 g/mol. The number of amides is 1. The Morgan fingerprint density at radius 1 is 0.886 bits per heavy atom. The third-order valence-corrected chi connectivity index (χ3v) is 5.78. The number of aromatic amines is 1. The molecule has 0 aliphatic carbocycles. The Morgan fingerprint density at radius 3 is 2.54 bits per heavy atom. The molecule has 6 aromatic rings. The fraction of sp³-hybridized carbons (Fsp3) is 0. The summed E-state index contributed by atoms with van der Waals surface area (Å²) in [4.78, 5) is 37.3. The van der Waals surface area contributed by atoms with Gasteiger partial charge in [0.1, 0.15) is 5.39 Å². The van der Waals surface area contributed by atoms with Crippen LogP contribution in [0.2, 0.25) is 0 Å². The number of H-pyrrole nitrogens is 1. The van der Waals surface area contributed by atoms with E-state index in [-0.39, 0.29) is 11.5 Å². The van der Waals surface area contributed by atoms with Crippen LogP contribution in [0.15, 0.2) is 102 Å². The Kier molecular flexibility index (Phi) is 4.89. The van der Waals surface area contributed by atoms with Gasteiger partial charge in [0.2, 0.25) is 0 Å². The Morgan fingerprint density at radius 2 is 1.66 bits per heavy atom. The number of nitrogens with zero attached hydrogens (tertiary/aromatic N) is 4. The second-order valence-corrected chi connectivity index (χ2v) is 7.93. The summed E-state index contributed by atoms with van der Waals surface area (Å²) in [5.41, 5.74) is 4.12.